The van der Waals surface area contributed by atoms with Gasteiger partial charge in [-0.15, -0.1) is 25.7 Å². The van der Waals surface area contributed by atoms with Crippen LogP contribution < -0.4 is 49.7 Å². The highest BCUT2D eigenvalue weighted by molar-refractivity contribution is 5.89. The van der Waals surface area contributed by atoms with Gasteiger partial charge in [0.25, 0.3) is 0 Å². The maximum atomic E-state index is 12.3. The molecular weight excluding hydrogens is 1760 g/mol. The third kappa shape index (κ3) is 24.1. The number of carbonyl (C=O) groups is 1. The lowest BCUT2D eigenvalue weighted by Crippen LogP contribution is -2.57. The average molecular weight is 1860 g/mol. The van der Waals surface area contributed by atoms with Crippen molar-refractivity contribution in [2.45, 2.75) is 64.8 Å². The summed E-state index contributed by atoms with van der Waals surface area (Å²) < 4.78 is 42.9. The number of nitrogens with zero attached hydrogens (tertiary/aromatic N) is 22. The fourth-order valence-corrected chi connectivity index (χ4v) is 15.6. The van der Waals surface area contributed by atoms with Crippen LogP contribution in [0, 0.1) is 49.4 Å². The maximum absolute atomic E-state index is 12.3. The first kappa shape index (κ1) is 93.6. The summed E-state index contributed by atoms with van der Waals surface area (Å²) in [6, 6.07) is 50.9. The first-order chi connectivity index (χ1) is 68.2. The minimum absolute atomic E-state index is 0.0790. The van der Waals surface area contributed by atoms with Crippen LogP contribution in [0.15, 0.2) is 263 Å². The van der Waals surface area contributed by atoms with Crippen LogP contribution in [0.2, 0.25) is 0 Å². The van der Waals surface area contributed by atoms with E-state index in [1.165, 1.54) is 0 Å². The van der Waals surface area contributed by atoms with Gasteiger partial charge in [-0.1, -0.05) is 54.0 Å². The maximum Gasteiger partial charge on any atom is 0.236 e. The molecule has 0 aliphatic carbocycles. The van der Waals surface area contributed by atoms with E-state index in [0.717, 1.165) is 120 Å². The zero-order valence-electron chi connectivity index (χ0n) is 78.1. The number of amides is 1. The topological polar surface area (TPSA) is 343 Å². The summed E-state index contributed by atoms with van der Waals surface area (Å²) >= 11 is 0. The molecule has 20 rings (SSSR count). The van der Waals surface area contributed by atoms with Crippen LogP contribution in [-0.4, -0.2) is 194 Å². The Labute approximate surface area is 808 Å². The van der Waals surface area contributed by atoms with Crippen molar-refractivity contribution < 1.29 is 33.2 Å². The molecule has 10 aromatic heterocycles. The quantitative estimate of drug-likeness (QED) is 0.0316. The highest BCUT2D eigenvalue weighted by Gasteiger charge is 2.33. The molecule has 33 nitrogen and oxygen atoms in total. The summed E-state index contributed by atoms with van der Waals surface area (Å²) in [5.41, 5.74) is 16.6. The second kappa shape index (κ2) is 43.9. The van der Waals surface area contributed by atoms with Gasteiger partial charge in [-0.3, -0.25) is 43.4 Å². The van der Waals surface area contributed by atoms with Gasteiger partial charge in [-0.2, -0.15) is 20.4 Å². The van der Waals surface area contributed by atoms with Crippen LogP contribution in [0.3, 0.4) is 0 Å². The Balaban J connectivity index is 0.000000129. The number of pyridine rings is 1. The first-order valence-electron chi connectivity index (χ1n) is 44.8. The molecule has 1 amide bonds. The van der Waals surface area contributed by atoms with Gasteiger partial charge in [0.15, 0.2) is 0 Å². The van der Waals surface area contributed by atoms with Crippen molar-refractivity contribution in [1.82, 2.24) is 109 Å². The lowest BCUT2D eigenvalue weighted by molar-refractivity contribution is -0.140. The van der Waals surface area contributed by atoms with Crippen LogP contribution in [0.5, 0.6) is 34.5 Å². The number of fused-ring (bicyclic) bond motifs is 4. The zero-order valence-corrected chi connectivity index (χ0v) is 78.1. The number of carbonyl (C=O) groups excluding carboxylic acids is 1. The Hall–Kier alpha value is -18.2. The number of hydrogen-bond acceptors (Lipinski definition) is 28. The van der Waals surface area contributed by atoms with Crippen molar-refractivity contribution in [3.05, 3.63) is 308 Å². The molecule has 698 valence electrons. The molecule has 2 saturated heterocycles. The van der Waals surface area contributed by atoms with Crippen molar-refractivity contribution in [3.8, 4) is 106 Å². The van der Waals surface area contributed by atoms with Crippen molar-refractivity contribution >= 4 is 96.1 Å². The normalized spacial score (nSPS) is 12.7. The number of anilines is 8. The number of hydrogen-bond donors (Lipinski definition) is 4. The van der Waals surface area contributed by atoms with E-state index in [4.69, 9.17) is 59.1 Å². The molecule has 12 heterocycles. The minimum Gasteiger partial charge on any atom is -0.494 e. The largest absolute Gasteiger partial charge is 0.494 e. The van der Waals surface area contributed by atoms with Gasteiger partial charge in [0.05, 0.1) is 93.4 Å². The van der Waals surface area contributed by atoms with Crippen molar-refractivity contribution in [3.63, 3.8) is 0 Å². The molecule has 140 heavy (non-hydrogen) atoms. The van der Waals surface area contributed by atoms with Crippen LogP contribution in [0.4, 0.5) is 46.5 Å². The lowest BCUT2D eigenvalue weighted by Gasteiger charge is -2.39. The van der Waals surface area contributed by atoms with Gasteiger partial charge in [0, 0.05) is 216 Å². The van der Waals surface area contributed by atoms with Crippen LogP contribution in [0.25, 0.3) is 65.9 Å². The number of nitrogens with one attached hydrogen (secondary N) is 4. The summed E-state index contributed by atoms with van der Waals surface area (Å²) in [7, 11) is 10.7. The number of benzene rings is 8. The van der Waals surface area contributed by atoms with E-state index in [1.54, 1.807) is 115 Å². The second-order valence-corrected chi connectivity index (χ2v) is 33.5. The predicted molar refractivity (Wildman–Crippen MR) is 539 cm³/mol. The van der Waals surface area contributed by atoms with Gasteiger partial charge < -0.3 is 59.5 Å². The van der Waals surface area contributed by atoms with Crippen molar-refractivity contribution in [1.29, 1.82) is 0 Å². The van der Waals surface area contributed by atoms with Crippen LogP contribution in [0.1, 0.15) is 64.9 Å². The number of aromatic nitrogens is 19. The molecule has 18 aromatic rings. The Morgan fingerprint density at radius 3 is 1.41 bits per heavy atom. The molecule has 0 unspecified atom stereocenters. The Morgan fingerprint density at radius 1 is 0.457 bits per heavy atom. The van der Waals surface area contributed by atoms with E-state index in [1.807, 2.05) is 195 Å². The van der Waals surface area contributed by atoms with E-state index in [-0.39, 0.29) is 24.7 Å². The molecule has 2 aliphatic rings. The molecule has 0 bridgehead atoms. The van der Waals surface area contributed by atoms with E-state index in [9.17, 15) is 4.79 Å². The van der Waals surface area contributed by atoms with Crippen LogP contribution in [-0.2, 0) is 45.2 Å². The fourth-order valence-electron chi connectivity index (χ4n) is 15.6. The summed E-state index contributed by atoms with van der Waals surface area (Å²) in [5, 5.41) is 33.6. The molecule has 0 radical (unpaired) electrons. The van der Waals surface area contributed by atoms with E-state index < -0.39 is 0 Å². The monoisotopic (exact) mass is 1860 g/mol. The molecule has 4 N–H and O–H groups in total. The highest BCUT2D eigenvalue weighted by Crippen LogP contribution is 2.38. The third-order valence-corrected chi connectivity index (χ3v) is 22.6. The van der Waals surface area contributed by atoms with Crippen LogP contribution >= 0.6 is 0 Å². The van der Waals surface area contributed by atoms with Gasteiger partial charge >= 0.3 is 0 Å². The number of terminal acetylenes is 4. The Bertz CT molecular complexity index is 7390. The molecule has 2 aliphatic heterocycles. The van der Waals surface area contributed by atoms with E-state index in [0.29, 0.717) is 137 Å². The third-order valence-electron chi connectivity index (χ3n) is 22.6. The number of likely N-dealkylation sites (N-methyl/N-ethyl adjacent to an activating group) is 1. The van der Waals surface area contributed by atoms with Gasteiger partial charge in [0.2, 0.25) is 29.7 Å². The number of methoxy groups -OCH3 is 2. The van der Waals surface area contributed by atoms with E-state index in [2.05, 4.69) is 158 Å². The summed E-state index contributed by atoms with van der Waals surface area (Å²) in [5.74, 6) is 16.3. The molecule has 0 saturated carbocycles. The molecular formula is C107H98N26O7. The number of ether oxygens (including phenoxy) is 6. The molecule has 2 fully saturated rings. The first-order valence-corrected chi connectivity index (χ1v) is 44.8. The lowest BCUT2D eigenvalue weighted by atomic mass is 10.1. The standard InChI is InChI=1S/C28H29N7O3.C28H30N6O2.C26H20N6O.C25H19N7O/c1-6-18-7-20-12-29-28(32-27(20)25(8-18)37-5)31-22-9-19(21-13-30-34(4)14-21)10-23(11-22)38-24-15-35(16-24)26(36)17-33(2)3;1-6-19-9-21-14-29-28(32-27(21)26(10-19)35-5)31-23-11-20(22-15-30-33(4)16-22)12-25(13-23)36-24-7-8-34(17-24)18(2)3;1-2-21-13-22-16-28-26(30-23-8-3-6-19(12-23)17-32-11-5-10-29-32)31-24(22)14-25(21)33-18-20-7-4-9-27-15-20;1-2-19-12-20-14-28-25(30-21-6-3-5-18(11-21)16-32-10-4-7-29-32)31-23(20)13-24(19)33-17-22-15-26-8-9-27-22/h1,7-14,24H,15-17H2,2-5H3,(H,29,31,32);1,9-16,18,24H,7-8,17H2,2-5H3,(H,29,31,32);1,3-16H,17-18H2,(H,28,30,31);1,3-15H,16-17H2,(H,28,30,31)/t;24-;;/m.1../s1. The molecule has 8 aromatic carbocycles. The fraction of sp³-hybridized carbons (Fsp3) is 0.196. The number of likely N-dealkylation sites (tertiary alicyclic amines) is 2. The Morgan fingerprint density at radius 2 is 0.957 bits per heavy atom. The van der Waals surface area contributed by atoms with E-state index >= 15 is 0 Å². The van der Waals surface area contributed by atoms with Crippen molar-refractivity contribution in [2.75, 3.05) is 82.3 Å². The predicted octanol–water partition coefficient (Wildman–Crippen LogP) is 16.1. The SMILES string of the molecule is C#Cc1cc(OC)c2nc(Nc3cc(OC4CN(C(=O)CN(C)C)C4)cc(-c4cnn(C)c4)c3)ncc2c1.C#Cc1cc(OC)c2nc(Nc3cc(O[C@@H]4CCN(C(C)C)C4)cc(-c4cnn(C)c4)c3)ncc2c1.C#Cc1cc2cnc(Nc3cccc(Cn4cccn4)c3)nc2cc1OCc1cccnc1.C#Cc1cc2cnc(Nc3cccc(Cn4cccn4)c3)nc2cc1OCc1cnccn1. The van der Waals surface area contributed by atoms with Gasteiger partial charge in [0.1, 0.15) is 71.0 Å². The summed E-state index contributed by atoms with van der Waals surface area (Å²) in [4.78, 5) is 67.4. The zero-order chi connectivity index (χ0) is 97.0. The van der Waals surface area contributed by atoms with Gasteiger partial charge in [-0.25, -0.2) is 39.9 Å². The van der Waals surface area contributed by atoms with Gasteiger partial charge in [-0.05, 0) is 160 Å². The number of aryl methyl sites for hydroxylation is 2. The molecule has 33 heteroatoms. The van der Waals surface area contributed by atoms with Crippen molar-refractivity contribution in [2.24, 2.45) is 14.1 Å². The smallest absolute Gasteiger partial charge is 0.236 e. The minimum atomic E-state index is -0.0790. The molecule has 0 spiro atoms. The summed E-state index contributed by atoms with van der Waals surface area (Å²) in [6.07, 6.45) is 53.9. The molecule has 1 atom stereocenters. The average Bonchev–Trinajstić information content (AvgIpc) is 1.26. The number of rotatable bonds is 29. The highest BCUT2D eigenvalue weighted by atomic mass is 16.5. The summed E-state index contributed by atoms with van der Waals surface area (Å²) in [6.45, 7) is 9.90. The Kier molecular flexibility index (Phi) is 29.3. The second-order valence-electron chi connectivity index (χ2n) is 33.5.